The van der Waals surface area contributed by atoms with Crippen molar-refractivity contribution in [3.05, 3.63) is 108 Å². The molecule has 1 saturated carbocycles. The average Bonchev–Trinajstić information content (AvgIpc) is 3.89. The molecule has 8 N–H and O–H groups in total. The molecule has 1 aliphatic carbocycles. The summed E-state index contributed by atoms with van der Waals surface area (Å²) in [6.07, 6.45) is 6.14. The van der Waals surface area contributed by atoms with Gasteiger partial charge in [0.1, 0.15) is 18.7 Å². The number of ether oxygens (including phenoxy) is 5. The maximum atomic E-state index is 14.4. The van der Waals surface area contributed by atoms with Crippen LogP contribution in [0.15, 0.2) is 85.3 Å². The third-order valence-electron chi connectivity index (χ3n) is 15.7. The van der Waals surface area contributed by atoms with Crippen molar-refractivity contribution in [2.45, 2.75) is 89.9 Å². The smallest absolute Gasteiger partial charge is 0.416 e. The molecule has 24 nitrogen and oxygen atoms in total. The van der Waals surface area contributed by atoms with Crippen LogP contribution in [-0.4, -0.2) is 150 Å². The van der Waals surface area contributed by atoms with E-state index in [0.29, 0.717) is 66.4 Å². The quantitative estimate of drug-likeness (QED) is 0.0534. The predicted molar refractivity (Wildman–Crippen MR) is 303 cm³/mol. The van der Waals surface area contributed by atoms with Crippen LogP contribution in [0, 0.1) is 11.3 Å². The first-order chi connectivity index (χ1) is 40.0. The van der Waals surface area contributed by atoms with Crippen LogP contribution in [0.25, 0.3) is 16.6 Å². The standard InChI is InChI=1S/C59H67N11O13/c1-32(2)52(67-51(72)28-64-50(71)26-60)54(74)65-33(3)53(73)66-37-10-7-34(8-11-37)30-83-58(78)70-44-24-49(47(80-5)22-40(44)56(76)69-31-59(13-14-59)25-45(69)57(70)77)82-18-6-17-81-48-23-42-39(21-46(48)79-4)55(75)68-29-36(19-38(68)27-63-42)35-9-12-41-43(20-35)62-16-15-61-41/h7-12,15-16,20-24,29,32-33,38,45,52,57,63,77H,6,13-14,17-19,25-28,30-31,60H2,1-5H3,(H,64,71)(H,65,74)(H,66,73)(H,67,72)/t33-,38-,45-,52-,57?/m0/s1. The second-order valence-corrected chi connectivity index (χ2v) is 21.7. The number of aliphatic hydroxyl groups is 1. The molecular weight excluding hydrogens is 1070 g/mol. The summed E-state index contributed by atoms with van der Waals surface area (Å²) >= 11 is 0. The van der Waals surface area contributed by atoms with Crippen molar-refractivity contribution >= 4 is 75.2 Å². The molecule has 4 aliphatic heterocycles. The summed E-state index contributed by atoms with van der Waals surface area (Å²) in [7, 11) is 2.95. The minimum Gasteiger partial charge on any atom is -0.493 e. The molecule has 1 spiro atoms. The zero-order valence-electron chi connectivity index (χ0n) is 46.7. The van der Waals surface area contributed by atoms with Gasteiger partial charge in [-0.2, -0.15) is 0 Å². The number of methoxy groups -OCH3 is 2. The zero-order valence-corrected chi connectivity index (χ0v) is 46.7. The van der Waals surface area contributed by atoms with Crippen LogP contribution in [-0.2, 0) is 30.5 Å². The van der Waals surface area contributed by atoms with Gasteiger partial charge in [0.2, 0.25) is 23.6 Å². The number of aliphatic hydroxyl groups excluding tert-OH is 1. The molecule has 4 aromatic carbocycles. The second-order valence-electron chi connectivity index (χ2n) is 21.7. The Hall–Kier alpha value is -9.03. The molecule has 0 bridgehead atoms. The highest BCUT2D eigenvalue weighted by atomic mass is 16.6. The van der Waals surface area contributed by atoms with Crippen LogP contribution in [0.3, 0.4) is 0 Å². The number of rotatable bonds is 20. The lowest BCUT2D eigenvalue weighted by atomic mass is 10.0. The monoisotopic (exact) mass is 1140 g/mol. The van der Waals surface area contributed by atoms with Gasteiger partial charge in [0.25, 0.3) is 11.8 Å². The lowest BCUT2D eigenvalue weighted by Crippen LogP contribution is -2.55. The van der Waals surface area contributed by atoms with E-state index in [9.17, 15) is 38.7 Å². The number of nitrogens with one attached hydrogen (secondary N) is 5. The number of carbonyl (C=O) groups is 7. The van der Waals surface area contributed by atoms with Crippen molar-refractivity contribution in [1.82, 2.24) is 35.7 Å². The van der Waals surface area contributed by atoms with E-state index in [-0.39, 0.29) is 84.8 Å². The van der Waals surface area contributed by atoms with Crippen LogP contribution >= 0.6 is 0 Å². The van der Waals surface area contributed by atoms with E-state index in [2.05, 4.69) is 36.6 Å². The van der Waals surface area contributed by atoms with Crippen molar-refractivity contribution < 1.29 is 62.4 Å². The summed E-state index contributed by atoms with van der Waals surface area (Å²) in [5, 5.41) is 25.8. The Morgan fingerprint density at radius 3 is 2.20 bits per heavy atom. The Morgan fingerprint density at radius 2 is 1.52 bits per heavy atom. The van der Waals surface area contributed by atoms with Gasteiger partial charge in [-0.25, -0.2) is 9.69 Å². The lowest BCUT2D eigenvalue weighted by Gasteiger charge is -2.31. The number of fused-ring (bicyclic) bond motifs is 5. The van der Waals surface area contributed by atoms with E-state index in [1.165, 1.54) is 33.3 Å². The summed E-state index contributed by atoms with van der Waals surface area (Å²) in [6, 6.07) is 16.0. The largest absolute Gasteiger partial charge is 0.493 e. The molecule has 83 heavy (non-hydrogen) atoms. The fourth-order valence-electron chi connectivity index (χ4n) is 10.9. The van der Waals surface area contributed by atoms with E-state index in [1.54, 1.807) is 72.4 Å². The SMILES string of the molecule is COc1cc2c(cc1OCCCOc1cc3c(cc1OC)C(=O)N1CC4(CC4)C[C@H]1C(O)N3C(=O)OCc1ccc(NC(=O)[C@H](C)NC(=O)[C@@H](NC(=O)CNC(=O)CN)C(C)C)cc1)NC[C@@H]1CC(c3ccc4nccnc4c3)=CN1C2=O. The highest BCUT2D eigenvalue weighted by molar-refractivity contribution is 6.06. The third kappa shape index (κ3) is 12.3. The number of amides is 7. The number of aromatic nitrogens is 2. The van der Waals surface area contributed by atoms with Gasteiger partial charge < -0.3 is 70.9 Å². The van der Waals surface area contributed by atoms with Gasteiger partial charge in [0, 0.05) is 55.9 Å². The minimum atomic E-state index is -1.48. The van der Waals surface area contributed by atoms with Crippen LogP contribution in [0.5, 0.6) is 23.0 Å². The van der Waals surface area contributed by atoms with Gasteiger partial charge in [-0.3, -0.25) is 38.7 Å². The number of hydrogen-bond donors (Lipinski definition) is 7. The molecule has 0 radical (unpaired) electrons. The molecule has 7 amide bonds. The van der Waals surface area contributed by atoms with E-state index < -0.39 is 54.1 Å². The molecule has 24 heteroatoms. The molecular formula is C59H67N11O13. The van der Waals surface area contributed by atoms with E-state index in [4.69, 9.17) is 29.4 Å². The van der Waals surface area contributed by atoms with Gasteiger partial charge >= 0.3 is 6.09 Å². The number of anilines is 3. The summed E-state index contributed by atoms with van der Waals surface area (Å²) in [4.78, 5) is 106. The Kier molecular flexibility index (Phi) is 16.7. The molecule has 5 atom stereocenters. The van der Waals surface area contributed by atoms with Gasteiger partial charge in [0.05, 0.1) is 86.1 Å². The Bertz CT molecular complexity index is 3390. The van der Waals surface area contributed by atoms with Crippen molar-refractivity contribution in [2.75, 3.05) is 69.1 Å². The van der Waals surface area contributed by atoms with Crippen LogP contribution in [0.4, 0.5) is 21.9 Å². The summed E-state index contributed by atoms with van der Waals surface area (Å²) < 4.78 is 29.8. The summed E-state index contributed by atoms with van der Waals surface area (Å²) in [5.74, 6) is -1.93. The van der Waals surface area contributed by atoms with Crippen LogP contribution in [0.1, 0.15) is 84.7 Å². The van der Waals surface area contributed by atoms with Crippen molar-refractivity contribution in [3.8, 4) is 23.0 Å². The maximum absolute atomic E-state index is 14.4. The normalized spacial score (nSPS) is 18.9. The average molecular weight is 1140 g/mol. The fraction of sp³-hybridized carbons (Fsp3) is 0.407. The van der Waals surface area contributed by atoms with Crippen molar-refractivity contribution in [3.63, 3.8) is 0 Å². The molecule has 1 saturated heterocycles. The topological polar surface area (TPSA) is 308 Å². The molecule has 1 unspecified atom stereocenters. The number of nitrogens with zero attached hydrogens (tertiary/aromatic N) is 5. The van der Waals surface area contributed by atoms with E-state index in [0.717, 1.165) is 39.9 Å². The molecule has 10 rings (SSSR count). The van der Waals surface area contributed by atoms with Gasteiger partial charge in [0.15, 0.2) is 29.2 Å². The zero-order chi connectivity index (χ0) is 58.7. The van der Waals surface area contributed by atoms with Gasteiger partial charge in [-0.15, -0.1) is 0 Å². The Balaban J connectivity index is 0.771. The molecule has 436 valence electrons. The molecule has 5 aromatic rings. The maximum Gasteiger partial charge on any atom is 0.416 e. The minimum absolute atomic E-state index is 0.0728. The van der Waals surface area contributed by atoms with Crippen molar-refractivity contribution in [1.29, 1.82) is 0 Å². The Morgan fingerprint density at radius 1 is 0.819 bits per heavy atom. The lowest BCUT2D eigenvalue weighted by molar-refractivity contribution is -0.132. The number of carbonyl (C=O) groups excluding carboxylic acids is 7. The highest BCUT2D eigenvalue weighted by Gasteiger charge is 2.58. The van der Waals surface area contributed by atoms with Gasteiger partial charge in [-0.05, 0) is 97.0 Å². The fourth-order valence-corrected chi connectivity index (χ4v) is 10.9. The van der Waals surface area contributed by atoms with Crippen LogP contribution in [0.2, 0.25) is 0 Å². The number of hydrogen-bond acceptors (Lipinski definition) is 17. The number of nitrogens with two attached hydrogens (primary N) is 1. The van der Waals surface area contributed by atoms with E-state index >= 15 is 0 Å². The third-order valence-corrected chi connectivity index (χ3v) is 15.7. The van der Waals surface area contributed by atoms with Gasteiger partial charge in [-0.1, -0.05) is 32.0 Å². The first kappa shape index (κ1) is 57.2. The predicted octanol–water partition coefficient (Wildman–Crippen LogP) is 4.30. The number of benzene rings is 4. The highest BCUT2D eigenvalue weighted by Crippen LogP contribution is 2.57. The Labute approximate surface area is 478 Å². The molecule has 5 aliphatic rings. The van der Waals surface area contributed by atoms with E-state index in [1.807, 2.05) is 24.4 Å². The molecule has 2 fully saturated rings. The van der Waals surface area contributed by atoms with Crippen molar-refractivity contribution in [2.24, 2.45) is 17.1 Å². The molecule has 5 heterocycles. The van der Waals surface area contributed by atoms with Crippen LogP contribution < -0.4 is 56.2 Å². The second kappa shape index (κ2) is 24.2. The first-order valence-electron chi connectivity index (χ1n) is 27.6. The summed E-state index contributed by atoms with van der Waals surface area (Å²) in [5.41, 5.74) is 10.9. The first-order valence-corrected chi connectivity index (χ1v) is 27.6. The molecule has 1 aromatic heterocycles. The summed E-state index contributed by atoms with van der Waals surface area (Å²) in [6.45, 7) is 5.23.